The van der Waals surface area contributed by atoms with Crippen molar-refractivity contribution in [3.8, 4) is 0 Å². The smallest absolute Gasteiger partial charge is 0 e. The van der Waals surface area contributed by atoms with Gasteiger partial charge < -0.3 is 11.7 Å². The molecule has 0 aromatic heterocycles. The second-order valence-corrected chi connectivity index (χ2v) is 4.43. The first-order valence-corrected chi connectivity index (χ1v) is 4.70. The molecule has 2 aliphatic rings. The Hall–Kier alpha value is 1.28. The molecule has 1 nitrogen and oxygen atoms in total. The second-order valence-electron chi connectivity index (χ2n) is 4.43. The van der Waals surface area contributed by atoms with Crippen LogP contribution in [-0.4, -0.2) is 13.1 Å². The van der Waals surface area contributed by atoms with Gasteiger partial charge in [-0.1, -0.05) is 27.2 Å². The molecule has 2 radical (unpaired) electrons. The molecule has 0 aromatic rings. The van der Waals surface area contributed by atoms with Crippen LogP contribution in [0, 0.1) is 17.8 Å². The van der Waals surface area contributed by atoms with Gasteiger partial charge in [0, 0.05) is 40.8 Å². The Labute approximate surface area is 110 Å². The second kappa shape index (κ2) is 7.56. The Kier molecular flexibility index (Phi) is 9.71. The van der Waals surface area contributed by atoms with Crippen LogP contribution in [0.4, 0.5) is 0 Å². The minimum Gasteiger partial charge on any atom is -0.325 e. The van der Waals surface area contributed by atoms with Gasteiger partial charge in [0.1, 0.15) is 0 Å². The zero-order chi connectivity index (χ0) is 8.32. The van der Waals surface area contributed by atoms with E-state index in [0.717, 1.165) is 5.92 Å². The molecule has 1 aliphatic heterocycles. The first-order valence-electron chi connectivity index (χ1n) is 4.70. The molecule has 2 rings (SSSR count). The molecule has 1 atom stereocenters. The minimum atomic E-state index is 0. The Morgan fingerprint density at radius 1 is 1.23 bits per heavy atom. The fourth-order valence-electron chi connectivity index (χ4n) is 1.26. The van der Waals surface area contributed by atoms with Crippen molar-refractivity contribution in [3.05, 3.63) is 6.42 Å². The van der Waals surface area contributed by atoms with Gasteiger partial charge in [-0.15, -0.1) is 0 Å². The average Bonchev–Trinajstić information content (AvgIpc) is 2.38. The van der Waals surface area contributed by atoms with Gasteiger partial charge in [0.2, 0.25) is 0 Å². The van der Waals surface area contributed by atoms with Crippen LogP contribution in [0.1, 0.15) is 33.6 Å². The van der Waals surface area contributed by atoms with Gasteiger partial charge in [-0.3, -0.25) is 0 Å². The van der Waals surface area contributed by atoms with Crippen molar-refractivity contribution in [2.75, 3.05) is 13.1 Å². The summed E-state index contributed by atoms with van der Waals surface area (Å²) in [6.07, 6.45) is 5.19. The normalized spacial score (nSPS) is 28.6. The topological polar surface area (TPSA) is 12.0 Å². The molecule has 80 valence electrons. The molecular weight excluding hydrogens is 507 g/mol. The third-order valence-corrected chi connectivity index (χ3v) is 2.06. The van der Waals surface area contributed by atoms with E-state index < -0.39 is 0 Å². The van der Waals surface area contributed by atoms with Gasteiger partial charge in [-0.2, -0.15) is 11.8 Å². The number of rotatable bonds is 0. The summed E-state index contributed by atoms with van der Waals surface area (Å²) in [5.74, 6) is 0.833. The van der Waals surface area contributed by atoms with Crippen LogP contribution in [-0.2, 0) is 40.8 Å². The summed E-state index contributed by atoms with van der Waals surface area (Å²) >= 11 is 0. The molecule has 1 saturated heterocycles. The van der Waals surface area contributed by atoms with E-state index >= 15 is 0 Å². The molecule has 0 bridgehead atoms. The quantitative estimate of drug-likeness (QED) is 0.478. The Bertz CT molecular complexity index is 111. The molecule has 1 spiro atoms. The molecule has 1 unspecified atom stereocenters. The molecule has 1 saturated carbocycles. The fourth-order valence-corrected chi connectivity index (χ4v) is 1.26. The molecule has 13 heavy (non-hydrogen) atoms. The maximum atomic E-state index is 3.34. The first kappa shape index (κ1) is 16.7. The summed E-state index contributed by atoms with van der Waals surface area (Å²) < 4.78 is 0. The van der Waals surface area contributed by atoms with Crippen molar-refractivity contribution in [2.24, 2.45) is 11.3 Å². The number of nitrogens with one attached hydrogen (secondary N) is 1. The van der Waals surface area contributed by atoms with Crippen LogP contribution >= 0.6 is 0 Å². The van der Waals surface area contributed by atoms with Crippen LogP contribution in [0.2, 0.25) is 0 Å². The Morgan fingerprint density at radius 3 is 1.85 bits per heavy atom. The third kappa shape index (κ3) is 7.24. The van der Waals surface area contributed by atoms with Gasteiger partial charge in [0.05, 0.1) is 0 Å². The van der Waals surface area contributed by atoms with Gasteiger partial charge in [0.25, 0.3) is 0 Å². The first-order chi connectivity index (χ1) is 5.15. The summed E-state index contributed by atoms with van der Waals surface area (Å²) in [6, 6.07) is 0. The average molecular weight is 527 g/mol. The van der Waals surface area contributed by atoms with Crippen LogP contribution < -0.4 is 5.32 Å². The Balaban J connectivity index is 0. The van der Waals surface area contributed by atoms with Crippen molar-refractivity contribution in [2.45, 2.75) is 33.6 Å². The predicted octanol–water partition coefficient (Wildman–Crippen LogP) is 2.23. The van der Waals surface area contributed by atoms with E-state index in [4.69, 9.17) is 0 Å². The maximum absolute atomic E-state index is 3.34. The monoisotopic (exact) mass is 528 g/mol. The molecule has 0 aromatic carbocycles. The number of hydrogen-bond acceptors (Lipinski definition) is 1. The van der Waals surface area contributed by atoms with Crippen molar-refractivity contribution in [3.63, 3.8) is 0 Å². The summed E-state index contributed by atoms with van der Waals surface area (Å²) in [7, 11) is 0. The van der Waals surface area contributed by atoms with Crippen LogP contribution in [0.15, 0.2) is 0 Å². The van der Waals surface area contributed by atoms with E-state index in [1.165, 1.54) is 25.9 Å². The molecule has 1 N–H and O–H groups in total. The van der Waals surface area contributed by atoms with Crippen molar-refractivity contribution >= 4 is 0 Å². The molecular formula is C10H20NRe2-. The predicted molar refractivity (Wildman–Crippen MR) is 49.3 cm³/mol. The summed E-state index contributed by atoms with van der Waals surface area (Å²) in [4.78, 5) is 0. The maximum Gasteiger partial charge on any atom is 0 e. The van der Waals surface area contributed by atoms with Crippen molar-refractivity contribution in [1.82, 2.24) is 5.32 Å². The molecule has 0 amide bonds. The van der Waals surface area contributed by atoms with Gasteiger partial charge in [-0.25, -0.2) is 0 Å². The molecule has 1 aliphatic carbocycles. The zero-order valence-corrected chi connectivity index (χ0v) is 14.2. The largest absolute Gasteiger partial charge is 0.325 e. The van der Waals surface area contributed by atoms with Crippen LogP contribution in [0.3, 0.4) is 0 Å². The third-order valence-electron chi connectivity index (χ3n) is 2.06. The Morgan fingerprint density at radius 2 is 1.69 bits per heavy atom. The molecule has 2 fully saturated rings. The van der Waals surface area contributed by atoms with E-state index in [-0.39, 0.29) is 40.8 Å². The summed E-state index contributed by atoms with van der Waals surface area (Å²) in [5, 5.41) is 3.34. The summed E-state index contributed by atoms with van der Waals surface area (Å²) in [5.41, 5.74) is 0.708. The van der Waals surface area contributed by atoms with Gasteiger partial charge >= 0.3 is 0 Å². The van der Waals surface area contributed by atoms with Crippen molar-refractivity contribution in [1.29, 1.82) is 0 Å². The molecule has 1 heterocycles. The SMILES string of the molecule is CC(C)C.[CH-]1CC12CCNC2.[Re].[Re]. The minimum absolute atomic E-state index is 0. The zero-order valence-electron chi connectivity index (χ0n) is 8.74. The van der Waals surface area contributed by atoms with E-state index in [1.54, 1.807) is 0 Å². The van der Waals surface area contributed by atoms with E-state index in [0.29, 0.717) is 5.41 Å². The van der Waals surface area contributed by atoms with Crippen molar-refractivity contribution < 1.29 is 40.8 Å². The standard InChI is InChI=1S/C6H10N.C4H10.2Re/c1-2-6(1)3-4-7-5-6;1-4(2)3;;/h1,7H,2-5H2;4H,1-3H3;;/q-1;;;. The van der Waals surface area contributed by atoms with E-state index in [9.17, 15) is 0 Å². The van der Waals surface area contributed by atoms with E-state index in [1.807, 2.05) is 0 Å². The van der Waals surface area contributed by atoms with Gasteiger partial charge in [-0.05, 0) is 19.0 Å². The van der Waals surface area contributed by atoms with Crippen LogP contribution in [0.25, 0.3) is 0 Å². The summed E-state index contributed by atoms with van der Waals surface area (Å²) in [6.45, 7) is 9.00. The molecule has 3 heteroatoms. The fraction of sp³-hybridized carbons (Fsp3) is 0.900. The van der Waals surface area contributed by atoms with E-state index in [2.05, 4.69) is 32.5 Å². The van der Waals surface area contributed by atoms with Gasteiger partial charge in [0.15, 0.2) is 0 Å². The number of hydrogen-bond donors (Lipinski definition) is 1. The van der Waals surface area contributed by atoms with Crippen LogP contribution in [0.5, 0.6) is 0 Å².